The van der Waals surface area contributed by atoms with Crippen LogP contribution in [0.4, 0.5) is 0 Å². The smallest absolute Gasteiger partial charge is 0.227 e. The number of halogens is 1. The average molecular weight is 476 g/mol. The van der Waals surface area contributed by atoms with Gasteiger partial charge in [0.25, 0.3) is 0 Å². The van der Waals surface area contributed by atoms with Gasteiger partial charge in [-0.25, -0.2) is 0 Å². The largest absolute Gasteiger partial charge is 0.343 e. The topological polar surface area (TPSA) is 38.1 Å². The fourth-order valence-corrected chi connectivity index (χ4v) is 4.32. The predicted molar refractivity (Wildman–Crippen MR) is 129 cm³/mol. The minimum atomic E-state index is 0.120. The first-order chi connectivity index (χ1) is 15.0. The minimum absolute atomic E-state index is 0.120. The molecule has 0 aliphatic heterocycles. The van der Waals surface area contributed by atoms with E-state index in [0.717, 1.165) is 33.0 Å². The Labute approximate surface area is 191 Å². The average Bonchev–Trinajstić information content (AvgIpc) is 3.11. The lowest BCUT2D eigenvalue weighted by Gasteiger charge is -2.27. The number of nitrogens with zero attached hydrogens (tertiary/aromatic N) is 3. The fraction of sp³-hybridized carbons (Fsp3) is 0.231. The van der Waals surface area contributed by atoms with Crippen molar-refractivity contribution in [3.05, 3.63) is 100 Å². The zero-order valence-electron chi connectivity index (χ0n) is 17.8. The van der Waals surface area contributed by atoms with E-state index in [9.17, 15) is 4.79 Å². The Kier molecular flexibility index (Phi) is 6.52. The molecule has 0 aliphatic carbocycles. The Hall–Kier alpha value is -2.92. The number of amides is 1. The van der Waals surface area contributed by atoms with Crippen LogP contribution in [-0.4, -0.2) is 26.4 Å². The second-order valence-corrected chi connectivity index (χ2v) is 8.89. The third-order valence-corrected chi connectivity index (χ3v) is 6.33. The van der Waals surface area contributed by atoms with Crippen molar-refractivity contribution >= 4 is 32.7 Å². The number of carbonyl (C=O) groups excluding carboxylic acids is 1. The van der Waals surface area contributed by atoms with Gasteiger partial charge in [0.15, 0.2) is 0 Å². The number of rotatable bonds is 7. The van der Waals surface area contributed by atoms with Crippen LogP contribution in [0, 0.1) is 0 Å². The van der Waals surface area contributed by atoms with Crippen LogP contribution in [0.15, 0.2) is 83.7 Å². The summed E-state index contributed by atoms with van der Waals surface area (Å²) in [6, 6.07) is 20.6. The Bertz CT molecular complexity index is 1180. The van der Waals surface area contributed by atoms with Gasteiger partial charge in [0, 0.05) is 53.1 Å². The van der Waals surface area contributed by atoms with E-state index in [1.807, 2.05) is 35.2 Å². The Morgan fingerprint density at radius 2 is 1.71 bits per heavy atom. The number of fused-ring (bicyclic) bond motifs is 1. The maximum absolute atomic E-state index is 13.3. The monoisotopic (exact) mass is 475 g/mol. The molecule has 0 N–H and O–H groups in total. The van der Waals surface area contributed by atoms with Crippen molar-refractivity contribution < 1.29 is 4.79 Å². The number of benzene rings is 2. The lowest BCUT2D eigenvalue weighted by Crippen LogP contribution is -2.37. The van der Waals surface area contributed by atoms with E-state index in [1.54, 1.807) is 12.4 Å². The molecule has 0 saturated heterocycles. The molecule has 2 heterocycles. The van der Waals surface area contributed by atoms with Gasteiger partial charge in [0.05, 0.1) is 6.42 Å². The maximum Gasteiger partial charge on any atom is 0.227 e. The van der Waals surface area contributed by atoms with Crippen molar-refractivity contribution in [3.8, 4) is 0 Å². The van der Waals surface area contributed by atoms with Crippen LogP contribution in [0.25, 0.3) is 10.9 Å². The highest BCUT2D eigenvalue weighted by Crippen LogP contribution is 2.26. The van der Waals surface area contributed by atoms with E-state index in [0.29, 0.717) is 13.0 Å². The standard InChI is InChI=1S/C26H26BrN3O/c1-19(2)30(16-20-11-13-28-14-12-20)26(31)15-22-18-29(25-10-6-4-8-23(22)25)17-21-7-3-5-9-24(21)27/h3-14,18-19H,15-17H2,1-2H3. The molecule has 5 heteroatoms. The van der Waals surface area contributed by atoms with E-state index in [2.05, 4.69) is 75.9 Å². The van der Waals surface area contributed by atoms with Gasteiger partial charge in [-0.1, -0.05) is 52.3 Å². The number of hydrogen-bond acceptors (Lipinski definition) is 2. The summed E-state index contributed by atoms with van der Waals surface area (Å²) in [4.78, 5) is 19.3. The molecule has 0 bridgehead atoms. The molecule has 0 spiro atoms. The molecule has 31 heavy (non-hydrogen) atoms. The molecule has 0 saturated carbocycles. The molecule has 0 radical (unpaired) electrons. The van der Waals surface area contributed by atoms with Crippen LogP contribution in [-0.2, 0) is 24.3 Å². The molecule has 0 aliphatic rings. The molecule has 0 atom stereocenters. The summed E-state index contributed by atoms with van der Waals surface area (Å²) in [5.74, 6) is 0.135. The third-order valence-electron chi connectivity index (χ3n) is 5.56. The predicted octanol–water partition coefficient (Wildman–Crippen LogP) is 5.83. The zero-order valence-corrected chi connectivity index (χ0v) is 19.4. The Morgan fingerprint density at radius 3 is 2.45 bits per heavy atom. The number of pyridine rings is 1. The second-order valence-electron chi connectivity index (χ2n) is 8.04. The molecular weight excluding hydrogens is 450 g/mol. The fourth-order valence-electron chi connectivity index (χ4n) is 3.91. The van der Waals surface area contributed by atoms with Crippen molar-refractivity contribution in [1.82, 2.24) is 14.5 Å². The van der Waals surface area contributed by atoms with Gasteiger partial charge < -0.3 is 9.47 Å². The molecule has 4 aromatic rings. The number of aromatic nitrogens is 2. The molecule has 0 fully saturated rings. The summed E-state index contributed by atoms with van der Waals surface area (Å²) in [6.45, 7) is 5.47. The van der Waals surface area contributed by atoms with E-state index < -0.39 is 0 Å². The van der Waals surface area contributed by atoms with Crippen LogP contribution >= 0.6 is 15.9 Å². The first kappa shape index (κ1) is 21.3. The quantitative estimate of drug-likeness (QED) is 0.337. The van der Waals surface area contributed by atoms with Gasteiger partial charge in [-0.2, -0.15) is 0 Å². The van der Waals surface area contributed by atoms with E-state index in [1.165, 1.54) is 5.56 Å². The van der Waals surface area contributed by atoms with Crippen LogP contribution in [0.1, 0.15) is 30.5 Å². The van der Waals surface area contributed by atoms with Crippen molar-refractivity contribution in [2.24, 2.45) is 0 Å². The van der Waals surface area contributed by atoms with Crippen molar-refractivity contribution in [1.29, 1.82) is 0 Å². The lowest BCUT2D eigenvalue weighted by molar-refractivity contribution is -0.132. The third kappa shape index (κ3) is 4.88. The van der Waals surface area contributed by atoms with E-state index in [4.69, 9.17) is 0 Å². The highest BCUT2D eigenvalue weighted by atomic mass is 79.9. The highest BCUT2D eigenvalue weighted by molar-refractivity contribution is 9.10. The second kappa shape index (κ2) is 9.48. The van der Waals surface area contributed by atoms with Crippen LogP contribution in [0.3, 0.4) is 0 Å². The Balaban J connectivity index is 1.61. The van der Waals surface area contributed by atoms with Gasteiger partial charge in [0.1, 0.15) is 0 Å². The van der Waals surface area contributed by atoms with Gasteiger partial charge in [0.2, 0.25) is 5.91 Å². The van der Waals surface area contributed by atoms with Gasteiger partial charge >= 0.3 is 0 Å². The number of hydrogen-bond donors (Lipinski definition) is 0. The van der Waals surface area contributed by atoms with Gasteiger partial charge in [-0.05, 0) is 54.8 Å². The molecule has 2 aromatic carbocycles. The number of carbonyl (C=O) groups is 1. The normalized spacial score (nSPS) is 11.2. The zero-order chi connectivity index (χ0) is 21.8. The van der Waals surface area contributed by atoms with Crippen molar-refractivity contribution in [2.45, 2.75) is 39.4 Å². The maximum atomic E-state index is 13.3. The first-order valence-electron chi connectivity index (χ1n) is 10.5. The van der Waals surface area contributed by atoms with Gasteiger partial charge in [-0.15, -0.1) is 0 Å². The summed E-state index contributed by atoms with van der Waals surface area (Å²) in [7, 11) is 0. The van der Waals surface area contributed by atoms with Crippen LogP contribution < -0.4 is 0 Å². The summed E-state index contributed by atoms with van der Waals surface area (Å²) < 4.78 is 3.33. The van der Waals surface area contributed by atoms with Crippen LogP contribution in [0.5, 0.6) is 0 Å². The van der Waals surface area contributed by atoms with E-state index in [-0.39, 0.29) is 11.9 Å². The molecule has 4 rings (SSSR count). The summed E-state index contributed by atoms with van der Waals surface area (Å²) in [5.41, 5.74) is 4.51. The van der Waals surface area contributed by atoms with Crippen molar-refractivity contribution in [2.75, 3.05) is 0 Å². The number of para-hydroxylation sites is 1. The first-order valence-corrected chi connectivity index (χ1v) is 11.3. The Morgan fingerprint density at radius 1 is 1.00 bits per heavy atom. The van der Waals surface area contributed by atoms with E-state index >= 15 is 0 Å². The van der Waals surface area contributed by atoms with Crippen LogP contribution in [0.2, 0.25) is 0 Å². The summed E-state index contributed by atoms with van der Waals surface area (Å²) in [5, 5.41) is 1.13. The highest BCUT2D eigenvalue weighted by Gasteiger charge is 2.20. The summed E-state index contributed by atoms with van der Waals surface area (Å²) >= 11 is 3.65. The molecule has 1 amide bonds. The lowest BCUT2D eigenvalue weighted by atomic mass is 10.1. The molecule has 0 unspecified atom stereocenters. The van der Waals surface area contributed by atoms with Gasteiger partial charge in [-0.3, -0.25) is 9.78 Å². The SMILES string of the molecule is CC(C)N(Cc1ccncc1)C(=O)Cc1cn(Cc2ccccc2Br)c2ccccc12. The minimum Gasteiger partial charge on any atom is -0.343 e. The molecular formula is C26H26BrN3O. The summed E-state index contributed by atoms with van der Waals surface area (Å²) in [6.07, 6.45) is 6.06. The van der Waals surface area contributed by atoms with Crippen molar-refractivity contribution in [3.63, 3.8) is 0 Å². The molecule has 158 valence electrons. The molecule has 4 nitrogen and oxygen atoms in total. The molecule has 2 aromatic heterocycles.